The van der Waals surface area contributed by atoms with Gasteiger partial charge in [-0.2, -0.15) is 10.1 Å². The van der Waals surface area contributed by atoms with Crippen LogP contribution in [0.15, 0.2) is 23.1 Å². The second kappa shape index (κ2) is 5.34. The van der Waals surface area contributed by atoms with Crippen LogP contribution in [0.25, 0.3) is 0 Å². The van der Waals surface area contributed by atoms with E-state index in [9.17, 15) is 0 Å². The van der Waals surface area contributed by atoms with E-state index in [1.165, 1.54) is 0 Å². The fourth-order valence-electron chi connectivity index (χ4n) is 1.37. The third-order valence-electron chi connectivity index (χ3n) is 2.29. The van der Waals surface area contributed by atoms with Crippen molar-refractivity contribution in [1.82, 2.24) is 19.7 Å². The number of ether oxygens (including phenoxy) is 1. The van der Waals surface area contributed by atoms with Crippen molar-refractivity contribution in [3.8, 4) is 5.88 Å². The number of nitrogens with zero attached hydrogens (tertiary/aromatic N) is 4. The second-order valence-electron chi connectivity index (χ2n) is 3.98. The van der Waals surface area contributed by atoms with Crippen molar-refractivity contribution in [2.75, 3.05) is 12.4 Å². The quantitative estimate of drug-likeness (QED) is 0.940. The summed E-state index contributed by atoms with van der Waals surface area (Å²) < 4.78 is 7.68. The molecule has 7 heteroatoms. The van der Waals surface area contributed by atoms with Crippen LogP contribution < -0.4 is 10.1 Å². The molecule has 0 saturated heterocycles. The van der Waals surface area contributed by atoms with Crippen LogP contribution in [0, 0.1) is 0 Å². The molecule has 2 heterocycles. The maximum atomic E-state index is 5.11. The molecule has 2 rings (SSSR count). The summed E-state index contributed by atoms with van der Waals surface area (Å²) in [7, 11) is 1.56. The first-order valence-corrected chi connectivity index (χ1v) is 6.27. The summed E-state index contributed by atoms with van der Waals surface area (Å²) in [6, 6.07) is 0.320. The zero-order valence-electron chi connectivity index (χ0n) is 10.4. The largest absolute Gasteiger partial charge is 0.480 e. The number of anilines is 2. The molecule has 0 aliphatic rings. The maximum Gasteiger partial charge on any atom is 0.232 e. The van der Waals surface area contributed by atoms with Gasteiger partial charge in [-0.25, -0.2) is 4.98 Å². The molecule has 0 aliphatic carbocycles. The van der Waals surface area contributed by atoms with Crippen molar-refractivity contribution in [2.45, 2.75) is 19.9 Å². The second-order valence-corrected chi connectivity index (χ2v) is 4.83. The van der Waals surface area contributed by atoms with Crippen molar-refractivity contribution in [1.29, 1.82) is 0 Å². The van der Waals surface area contributed by atoms with Gasteiger partial charge >= 0.3 is 0 Å². The number of hydrogen-bond acceptors (Lipinski definition) is 5. The summed E-state index contributed by atoms with van der Waals surface area (Å²) in [5, 5.41) is 7.30. The van der Waals surface area contributed by atoms with E-state index < -0.39 is 0 Å². The molecular weight excluding hydrogens is 298 g/mol. The van der Waals surface area contributed by atoms with Gasteiger partial charge in [0.25, 0.3) is 0 Å². The van der Waals surface area contributed by atoms with Crippen molar-refractivity contribution in [3.05, 3.63) is 23.1 Å². The number of rotatable bonds is 4. The van der Waals surface area contributed by atoms with E-state index in [1.807, 2.05) is 10.9 Å². The predicted octanol–water partition coefficient (Wildman–Crippen LogP) is 2.77. The molecule has 0 spiro atoms. The Morgan fingerprint density at radius 1 is 1.39 bits per heavy atom. The van der Waals surface area contributed by atoms with Gasteiger partial charge in [-0.05, 0) is 29.8 Å². The molecule has 2 aromatic rings. The van der Waals surface area contributed by atoms with E-state index in [-0.39, 0.29) is 0 Å². The first-order valence-electron chi connectivity index (χ1n) is 5.48. The summed E-state index contributed by atoms with van der Waals surface area (Å²) >= 11 is 3.30. The van der Waals surface area contributed by atoms with Gasteiger partial charge in [-0.1, -0.05) is 0 Å². The maximum absolute atomic E-state index is 5.11. The van der Waals surface area contributed by atoms with E-state index >= 15 is 0 Å². The standard InChI is InChI=1S/C11H14BrN5O/c1-7(2)17-6-8(4-14-17)15-11-13-5-9(12)10(16-11)18-3/h4-7H,1-3H3,(H,13,15,16). The summed E-state index contributed by atoms with van der Waals surface area (Å²) in [5.74, 6) is 0.960. The van der Waals surface area contributed by atoms with Crippen LogP contribution in [0.3, 0.4) is 0 Å². The monoisotopic (exact) mass is 311 g/mol. The normalized spacial score (nSPS) is 10.7. The average Bonchev–Trinajstić information content (AvgIpc) is 2.80. The number of hydrogen-bond donors (Lipinski definition) is 1. The highest BCUT2D eigenvalue weighted by Gasteiger charge is 2.07. The molecule has 0 fully saturated rings. The SMILES string of the molecule is COc1nc(Nc2cnn(C(C)C)c2)ncc1Br. The molecule has 0 bridgehead atoms. The highest BCUT2D eigenvalue weighted by Crippen LogP contribution is 2.23. The van der Waals surface area contributed by atoms with Gasteiger partial charge in [0.15, 0.2) is 0 Å². The van der Waals surface area contributed by atoms with Crippen molar-refractivity contribution in [3.63, 3.8) is 0 Å². The zero-order valence-corrected chi connectivity index (χ0v) is 12.0. The molecule has 6 nitrogen and oxygen atoms in total. The van der Waals surface area contributed by atoms with Crippen LogP contribution in [0.5, 0.6) is 5.88 Å². The Balaban J connectivity index is 2.17. The molecule has 0 aliphatic heterocycles. The highest BCUT2D eigenvalue weighted by atomic mass is 79.9. The Kier molecular flexibility index (Phi) is 3.81. The zero-order chi connectivity index (χ0) is 13.1. The average molecular weight is 312 g/mol. The molecule has 18 heavy (non-hydrogen) atoms. The molecule has 96 valence electrons. The minimum Gasteiger partial charge on any atom is -0.480 e. The minimum absolute atomic E-state index is 0.320. The Labute approximate surface area is 114 Å². The fraction of sp³-hybridized carbons (Fsp3) is 0.364. The molecule has 0 atom stereocenters. The van der Waals surface area contributed by atoms with E-state index in [0.717, 1.165) is 5.69 Å². The highest BCUT2D eigenvalue weighted by molar-refractivity contribution is 9.10. The summed E-state index contributed by atoms with van der Waals surface area (Å²) in [5.41, 5.74) is 0.841. The molecule has 0 aromatic carbocycles. The third kappa shape index (κ3) is 2.79. The number of halogens is 1. The van der Waals surface area contributed by atoms with Gasteiger partial charge < -0.3 is 10.1 Å². The predicted molar refractivity (Wildman–Crippen MR) is 72.2 cm³/mol. The van der Waals surface area contributed by atoms with Gasteiger partial charge in [0, 0.05) is 12.2 Å². The lowest BCUT2D eigenvalue weighted by molar-refractivity contribution is 0.394. The molecule has 1 N–H and O–H groups in total. The Morgan fingerprint density at radius 3 is 2.78 bits per heavy atom. The molecule has 0 unspecified atom stereocenters. The van der Waals surface area contributed by atoms with E-state index in [1.54, 1.807) is 19.5 Å². The number of aromatic nitrogens is 4. The van der Waals surface area contributed by atoms with E-state index in [4.69, 9.17) is 4.74 Å². The lowest BCUT2D eigenvalue weighted by Gasteiger charge is -2.06. The third-order valence-corrected chi connectivity index (χ3v) is 2.84. The molecule has 2 aromatic heterocycles. The van der Waals surface area contributed by atoms with Gasteiger partial charge in [-0.3, -0.25) is 4.68 Å². The van der Waals surface area contributed by atoms with Crippen LogP contribution in [0.4, 0.5) is 11.6 Å². The molecule has 0 saturated carbocycles. The van der Waals surface area contributed by atoms with Crippen molar-refractivity contribution in [2.24, 2.45) is 0 Å². The molecule has 0 amide bonds. The smallest absolute Gasteiger partial charge is 0.232 e. The number of nitrogens with one attached hydrogen (secondary N) is 1. The van der Waals surface area contributed by atoms with E-state index in [0.29, 0.717) is 22.3 Å². The topological polar surface area (TPSA) is 64.9 Å². The summed E-state index contributed by atoms with van der Waals surface area (Å²) in [6.07, 6.45) is 5.28. The lowest BCUT2D eigenvalue weighted by Crippen LogP contribution is -2.01. The van der Waals surface area contributed by atoms with Gasteiger partial charge in [0.2, 0.25) is 11.8 Å². The first-order chi connectivity index (χ1) is 8.60. The number of methoxy groups -OCH3 is 1. The van der Waals surface area contributed by atoms with Gasteiger partial charge in [0.1, 0.15) is 0 Å². The van der Waals surface area contributed by atoms with Crippen molar-refractivity contribution < 1.29 is 4.74 Å². The summed E-state index contributed by atoms with van der Waals surface area (Å²) in [6.45, 7) is 4.13. The van der Waals surface area contributed by atoms with Crippen LogP contribution in [-0.2, 0) is 0 Å². The fourth-order valence-corrected chi connectivity index (χ4v) is 1.72. The Morgan fingerprint density at radius 2 is 2.17 bits per heavy atom. The molecular formula is C11H14BrN5O. The summed E-state index contributed by atoms with van der Waals surface area (Å²) in [4.78, 5) is 8.36. The van der Waals surface area contributed by atoms with Gasteiger partial charge in [-0.15, -0.1) is 0 Å². The van der Waals surface area contributed by atoms with Crippen LogP contribution >= 0.6 is 15.9 Å². The Hall–Kier alpha value is -1.63. The van der Waals surface area contributed by atoms with Crippen molar-refractivity contribution >= 4 is 27.6 Å². The minimum atomic E-state index is 0.320. The van der Waals surface area contributed by atoms with E-state index in [2.05, 4.69) is 50.2 Å². The first kappa shape index (κ1) is 12.8. The van der Waals surface area contributed by atoms with Gasteiger partial charge in [0.05, 0.1) is 29.7 Å². The van der Waals surface area contributed by atoms with Crippen LogP contribution in [-0.4, -0.2) is 26.9 Å². The van der Waals surface area contributed by atoms with Crippen LogP contribution in [0.2, 0.25) is 0 Å². The molecule has 0 radical (unpaired) electrons. The van der Waals surface area contributed by atoms with Crippen LogP contribution in [0.1, 0.15) is 19.9 Å². The Bertz CT molecular complexity index is 540. The lowest BCUT2D eigenvalue weighted by atomic mass is 10.4.